The SMILES string of the molecule is CCc1ccccc1-n1ccc(=O)c(C(=O)O)n1. The van der Waals surface area contributed by atoms with Crippen molar-refractivity contribution in [1.82, 2.24) is 9.78 Å². The fourth-order valence-corrected chi connectivity index (χ4v) is 1.72. The molecule has 1 aromatic carbocycles. The van der Waals surface area contributed by atoms with Crippen LogP contribution in [-0.4, -0.2) is 20.9 Å². The third-order valence-electron chi connectivity index (χ3n) is 2.63. The highest BCUT2D eigenvalue weighted by molar-refractivity contribution is 5.84. The standard InChI is InChI=1S/C13H12N2O3/c1-2-9-5-3-4-6-10(9)15-8-7-11(16)12(14-15)13(17)18/h3-8H,2H2,1H3,(H,17,18). The fraction of sp³-hybridized carbons (Fsp3) is 0.154. The highest BCUT2D eigenvalue weighted by Crippen LogP contribution is 2.13. The van der Waals surface area contributed by atoms with Crippen LogP contribution in [0.3, 0.4) is 0 Å². The third-order valence-corrected chi connectivity index (χ3v) is 2.63. The van der Waals surface area contributed by atoms with Crippen molar-refractivity contribution in [3.63, 3.8) is 0 Å². The number of aromatic nitrogens is 2. The van der Waals surface area contributed by atoms with Gasteiger partial charge in [0.1, 0.15) is 0 Å². The highest BCUT2D eigenvalue weighted by atomic mass is 16.4. The summed E-state index contributed by atoms with van der Waals surface area (Å²) in [5, 5.41) is 12.7. The summed E-state index contributed by atoms with van der Waals surface area (Å²) in [5.74, 6) is -1.32. The van der Waals surface area contributed by atoms with Crippen molar-refractivity contribution in [2.45, 2.75) is 13.3 Å². The maximum absolute atomic E-state index is 11.3. The van der Waals surface area contributed by atoms with E-state index in [0.29, 0.717) is 0 Å². The van der Waals surface area contributed by atoms with Crippen LogP contribution >= 0.6 is 0 Å². The van der Waals surface area contributed by atoms with E-state index in [9.17, 15) is 9.59 Å². The van der Waals surface area contributed by atoms with E-state index in [4.69, 9.17) is 5.11 Å². The van der Waals surface area contributed by atoms with E-state index in [0.717, 1.165) is 17.7 Å². The summed E-state index contributed by atoms with van der Waals surface area (Å²) in [6.07, 6.45) is 2.27. The number of carboxylic acids is 1. The molecule has 2 aromatic rings. The van der Waals surface area contributed by atoms with E-state index < -0.39 is 17.1 Å². The molecule has 0 radical (unpaired) electrons. The number of benzene rings is 1. The molecule has 0 saturated carbocycles. The Bertz CT molecular complexity index is 647. The van der Waals surface area contributed by atoms with Crippen molar-refractivity contribution >= 4 is 5.97 Å². The lowest BCUT2D eigenvalue weighted by Crippen LogP contribution is -2.20. The first-order valence-electron chi connectivity index (χ1n) is 5.55. The van der Waals surface area contributed by atoms with Gasteiger partial charge in [-0.15, -0.1) is 0 Å². The summed E-state index contributed by atoms with van der Waals surface area (Å²) in [7, 11) is 0. The van der Waals surface area contributed by atoms with Gasteiger partial charge in [-0.05, 0) is 18.1 Å². The third kappa shape index (κ3) is 2.15. The second-order valence-corrected chi connectivity index (χ2v) is 3.76. The molecule has 92 valence electrons. The van der Waals surface area contributed by atoms with E-state index in [-0.39, 0.29) is 0 Å². The van der Waals surface area contributed by atoms with Crippen molar-refractivity contribution in [3.8, 4) is 5.69 Å². The first kappa shape index (κ1) is 12.0. The molecule has 1 N–H and O–H groups in total. The minimum atomic E-state index is -1.32. The van der Waals surface area contributed by atoms with Crippen LogP contribution in [-0.2, 0) is 6.42 Å². The molecule has 1 aromatic heterocycles. The van der Waals surface area contributed by atoms with Crippen LogP contribution in [0.25, 0.3) is 5.69 Å². The Balaban J connectivity index is 2.61. The van der Waals surface area contributed by atoms with Gasteiger partial charge >= 0.3 is 5.97 Å². The van der Waals surface area contributed by atoms with Crippen LogP contribution in [0.2, 0.25) is 0 Å². The first-order valence-corrected chi connectivity index (χ1v) is 5.55. The second kappa shape index (κ2) is 4.83. The highest BCUT2D eigenvalue weighted by Gasteiger charge is 2.12. The number of carboxylic acid groups (broad SMARTS) is 1. The van der Waals surface area contributed by atoms with Gasteiger partial charge in [0.2, 0.25) is 11.1 Å². The van der Waals surface area contributed by atoms with E-state index in [2.05, 4.69) is 5.10 Å². The number of para-hydroxylation sites is 1. The van der Waals surface area contributed by atoms with Crippen molar-refractivity contribution in [2.75, 3.05) is 0 Å². The van der Waals surface area contributed by atoms with Crippen LogP contribution in [0, 0.1) is 0 Å². The maximum atomic E-state index is 11.3. The van der Waals surface area contributed by atoms with Crippen LogP contribution in [0.1, 0.15) is 23.0 Å². The lowest BCUT2D eigenvalue weighted by molar-refractivity contribution is 0.0687. The zero-order valence-electron chi connectivity index (χ0n) is 9.83. The molecule has 0 aliphatic heterocycles. The molecule has 1 heterocycles. The van der Waals surface area contributed by atoms with E-state index in [1.165, 1.54) is 16.9 Å². The molecule has 0 spiro atoms. The van der Waals surface area contributed by atoms with Gasteiger partial charge in [0.15, 0.2) is 0 Å². The lowest BCUT2D eigenvalue weighted by Gasteiger charge is -2.10. The number of aromatic carboxylic acids is 1. The van der Waals surface area contributed by atoms with Gasteiger partial charge < -0.3 is 5.11 Å². The normalized spacial score (nSPS) is 10.3. The quantitative estimate of drug-likeness (QED) is 0.887. The molecule has 2 rings (SSSR count). The monoisotopic (exact) mass is 244 g/mol. The largest absolute Gasteiger partial charge is 0.476 e. The Hall–Kier alpha value is -2.43. The van der Waals surface area contributed by atoms with Crippen LogP contribution in [0.15, 0.2) is 41.3 Å². The summed E-state index contributed by atoms with van der Waals surface area (Å²) in [4.78, 5) is 22.2. The number of carbonyl (C=O) groups is 1. The number of hydrogen-bond acceptors (Lipinski definition) is 3. The Morgan fingerprint density at radius 1 is 1.33 bits per heavy atom. The van der Waals surface area contributed by atoms with E-state index >= 15 is 0 Å². The van der Waals surface area contributed by atoms with Gasteiger partial charge in [0, 0.05) is 12.3 Å². The summed E-state index contributed by atoms with van der Waals surface area (Å²) in [6, 6.07) is 8.73. The second-order valence-electron chi connectivity index (χ2n) is 3.76. The summed E-state index contributed by atoms with van der Waals surface area (Å²) < 4.78 is 1.42. The Kier molecular flexibility index (Phi) is 3.23. The van der Waals surface area contributed by atoms with Crippen LogP contribution < -0.4 is 5.43 Å². The molecular weight excluding hydrogens is 232 g/mol. The number of nitrogens with zero attached hydrogens (tertiary/aromatic N) is 2. The summed E-state index contributed by atoms with van der Waals surface area (Å²) >= 11 is 0. The van der Waals surface area contributed by atoms with Gasteiger partial charge in [-0.2, -0.15) is 5.10 Å². The molecule has 0 amide bonds. The average molecular weight is 244 g/mol. The van der Waals surface area contributed by atoms with Crippen molar-refractivity contribution in [2.24, 2.45) is 0 Å². The smallest absolute Gasteiger partial charge is 0.360 e. The molecule has 0 bridgehead atoms. The predicted octanol–water partition coefficient (Wildman–Crippen LogP) is 1.49. The molecule has 0 aliphatic carbocycles. The molecule has 5 heteroatoms. The molecule has 0 atom stereocenters. The fourth-order valence-electron chi connectivity index (χ4n) is 1.72. The first-order chi connectivity index (χ1) is 8.63. The van der Waals surface area contributed by atoms with Gasteiger partial charge in [0.25, 0.3) is 0 Å². The predicted molar refractivity (Wildman–Crippen MR) is 66.2 cm³/mol. The minimum Gasteiger partial charge on any atom is -0.476 e. The van der Waals surface area contributed by atoms with E-state index in [1.807, 2.05) is 31.2 Å². The van der Waals surface area contributed by atoms with Crippen LogP contribution in [0.4, 0.5) is 0 Å². The molecular formula is C13H12N2O3. The van der Waals surface area contributed by atoms with Gasteiger partial charge in [-0.1, -0.05) is 25.1 Å². The molecule has 0 fully saturated rings. The van der Waals surface area contributed by atoms with Gasteiger partial charge in [0.05, 0.1) is 5.69 Å². The average Bonchev–Trinajstić information content (AvgIpc) is 2.39. The molecule has 0 unspecified atom stereocenters. The van der Waals surface area contributed by atoms with Gasteiger partial charge in [-0.25, -0.2) is 9.48 Å². The number of hydrogen-bond donors (Lipinski definition) is 1. The number of rotatable bonds is 3. The Morgan fingerprint density at radius 2 is 2.06 bits per heavy atom. The number of aryl methyl sites for hydroxylation is 1. The zero-order valence-corrected chi connectivity index (χ0v) is 9.83. The van der Waals surface area contributed by atoms with Crippen molar-refractivity contribution in [3.05, 3.63) is 58.0 Å². The molecule has 0 saturated heterocycles. The molecule has 18 heavy (non-hydrogen) atoms. The van der Waals surface area contributed by atoms with Crippen molar-refractivity contribution in [1.29, 1.82) is 0 Å². The van der Waals surface area contributed by atoms with E-state index in [1.54, 1.807) is 0 Å². The topological polar surface area (TPSA) is 72.2 Å². The summed E-state index contributed by atoms with van der Waals surface area (Å²) in [6.45, 7) is 2.00. The van der Waals surface area contributed by atoms with Crippen LogP contribution in [0.5, 0.6) is 0 Å². The van der Waals surface area contributed by atoms with Crippen molar-refractivity contribution < 1.29 is 9.90 Å². The zero-order chi connectivity index (χ0) is 13.1. The molecule has 5 nitrogen and oxygen atoms in total. The Labute approximate surface area is 103 Å². The minimum absolute atomic E-state index is 0.469. The lowest BCUT2D eigenvalue weighted by atomic mass is 10.1. The Morgan fingerprint density at radius 3 is 2.72 bits per heavy atom. The summed E-state index contributed by atoms with van der Waals surface area (Å²) in [5.41, 5.74) is 0.753. The molecule has 0 aliphatic rings. The maximum Gasteiger partial charge on any atom is 0.360 e. The van der Waals surface area contributed by atoms with Gasteiger partial charge in [-0.3, -0.25) is 4.79 Å².